The molecular formula is C23H28N2O4. The van der Waals surface area contributed by atoms with Crippen molar-refractivity contribution < 1.29 is 19.1 Å². The Hall–Kier alpha value is -3.02. The highest BCUT2D eigenvalue weighted by Crippen LogP contribution is 2.43. The van der Waals surface area contributed by atoms with Gasteiger partial charge in [0.05, 0.1) is 26.3 Å². The summed E-state index contributed by atoms with van der Waals surface area (Å²) < 4.78 is 10.5. The third kappa shape index (κ3) is 4.21. The second-order valence-corrected chi connectivity index (χ2v) is 7.21. The van der Waals surface area contributed by atoms with Gasteiger partial charge in [-0.25, -0.2) is 4.79 Å². The molecule has 1 aliphatic rings. The van der Waals surface area contributed by atoms with E-state index >= 15 is 0 Å². The fourth-order valence-corrected chi connectivity index (χ4v) is 3.95. The number of ketones is 1. The summed E-state index contributed by atoms with van der Waals surface area (Å²) in [5.41, 5.74) is 1.83. The topological polar surface area (TPSA) is 67.9 Å². The lowest BCUT2D eigenvalue weighted by Gasteiger charge is -2.45. The number of likely N-dealkylation sites (tertiary alicyclic amines) is 1. The van der Waals surface area contributed by atoms with Crippen molar-refractivity contribution >= 4 is 11.8 Å². The number of hydrogen-bond donors (Lipinski definition) is 1. The lowest BCUT2D eigenvalue weighted by molar-refractivity contribution is -0.129. The average Bonchev–Trinajstić information content (AvgIpc) is 2.75. The molecule has 2 aromatic rings. The van der Waals surface area contributed by atoms with Gasteiger partial charge in [-0.3, -0.25) is 4.79 Å². The van der Waals surface area contributed by atoms with Crippen molar-refractivity contribution in [2.24, 2.45) is 5.92 Å². The fraction of sp³-hybridized carbons (Fsp3) is 0.391. The van der Waals surface area contributed by atoms with E-state index in [0.29, 0.717) is 6.54 Å². The molecule has 2 aromatic carbocycles. The molecule has 0 saturated carbocycles. The molecule has 1 aliphatic heterocycles. The average molecular weight is 396 g/mol. The van der Waals surface area contributed by atoms with Crippen LogP contribution in [0.15, 0.2) is 48.5 Å². The summed E-state index contributed by atoms with van der Waals surface area (Å²) in [7, 11) is 3.23. The van der Waals surface area contributed by atoms with E-state index in [1.165, 1.54) is 0 Å². The fourth-order valence-electron chi connectivity index (χ4n) is 3.95. The Morgan fingerprint density at radius 2 is 1.52 bits per heavy atom. The molecule has 1 saturated heterocycles. The van der Waals surface area contributed by atoms with Crippen LogP contribution in [0.25, 0.3) is 0 Å². The van der Waals surface area contributed by atoms with Crippen LogP contribution >= 0.6 is 0 Å². The monoisotopic (exact) mass is 396 g/mol. The van der Waals surface area contributed by atoms with Gasteiger partial charge in [-0.1, -0.05) is 31.2 Å². The lowest BCUT2D eigenvalue weighted by Crippen LogP contribution is -2.51. The van der Waals surface area contributed by atoms with Crippen LogP contribution in [0.4, 0.5) is 4.79 Å². The normalized spacial score (nSPS) is 21.6. The largest absolute Gasteiger partial charge is 0.497 e. The van der Waals surface area contributed by atoms with Crippen molar-refractivity contribution in [1.82, 2.24) is 10.2 Å². The minimum absolute atomic E-state index is 0.146. The number of methoxy groups -OCH3 is 2. The maximum absolute atomic E-state index is 13.1. The molecule has 1 heterocycles. The summed E-state index contributed by atoms with van der Waals surface area (Å²) in [5.74, 6) is 1.31. The molecule has 2 amide bonds. The zero-order valence-corrected chi connectivity index (χ0v) is 17.3. The van der Waals surface area contributed by atoms with Gasteiger partial charge in [0.15, 0.2) is 0 Å². The number of nitrogens with one attached hydrogen (secondary N) is 1. The first-order chi connectivity index (χ1) is 14.0. The predicted molar refractivity (Wildman–Crippen MR) is 111 cm³/mol. The highest BCUT2D eigenvalue weighted by Gasteiger charge is 2.43. The first kappa shape index (κ1) is 20.7. The van der Waals surface area contributed by atoms with Crippen molar-refractivity contribution in [2.45, 2.75) is 32.4 Å². The zero-order chi connectivity index (χ0) is 21.0. The van der Waals surface area contributed by atoms with E-state index in [4.69, 9.17) is 9.47 Å². The third-order valence-electron chi connectivity index (χ3n) is 5.53. The summed E-state index contributed by atoms with van der Waals surface area (Å²) in [6.07, 6.45) is 0.289. The van der Waals surface area contributed by atoms with Gasteiger partial charge in [-0.15, -0.1) is 0 Å². The number of hydrogen-bond acceptors (Lipinski definition) is 4. The second kappa shape index (κ2) is 8.99. The molecule has 1 fully saturated rings. The third-order valence-corrected chi connectivity index (χ3v) is 5.53. The number of nitrogens with zero attached hydrogens (tertiary/aromatic N) is 1. The SMILES string of the molecule is CCNC(=O)N1[C@H](c2ccc(OC)cc2)CC(=O)[C@@H](C)[C@@H]1c1ccc(OC)cc1. The standard InChI is InChI=1S/C23H28N2O4/c1-5-24-23(27)25-20(16-6-10-18(28-3)11-7-16)14-21(26)15(2)22(25)17-8-12-19(29-4)13-9-17/h6-13,15,20,22H,5,14H2,1-4H3,(H,24,27)/t15-,20+,22-/m1/s1. The number of urea groups is 1. The quantitative estimate of drug-likeness (QED) is 0.825. The van der Waals surface area contributed by atoms with Crippen LogP contribution in [0.5, 0.6) is 11.5 Å². The van der Waals surface area contributed by atoms with Gasteiger partial charge in [-0.2, -0.15) is 0 Å². The van der Waals surface area contributed by atoms with Gasteiger partial charge < -0.3 is 19.7 Å². The first-order valence-electron chi connectivity index (χ1n) is 9.86. The molecule has 6 heteroatoms. The van der Waals surface area contributed by atoms with Gasteiger partial charge in [0.25, 0.3) is 0 Å². The summed E-state index contributed by atoms with van der Waals surface area (Å²) in [4.78, 5) is 27.9. The van der Waals surface area contributed by atoms with E-state index in [0.717, 1.165) is 22.6 Å². The highest BCUT2D eigenvalue weighted by molar-refractivity contribution is 5.86. The molecule has 1 N–H and O–H groups in total. The van der Waals surface area contributed by atoms with Crippen LogP contribution in [0, 0.1) is 5.92 Å². The van der Waals surface area contributed by atoms with Gasteiger partial charge in [0, 0.05) is 18.9 Å². The van der Waals surface area contributed by atoms with Gasteiger partial charge in [-0.05, 0) is 42.3 Å². The van der Waals surface area contributed by atoms with Gasteiger partial charge in [0.2, 0.25) is 0 Å². The Kier molecular flexibility index (Phi) is 6.42. The van der Waals surface area contributed by atoms with E-state index in [9.17, 15) is 9.59 Å². The minimum atomic E-state index is -0.360. The Labute approximate surface area is 171 Å². The number of carbonyl (C=O) groups excluding carboxylic acids is 2. The van der Waals surface area contributed by atoms with Gasteiger partial charge >= 0.3 is 6.03 Å². The first-order valence-corrected chi connectivity index (χ1v) is 9.86. The van der Waals surface area contributed by atoms with Gasteiger partial charge in [0.1, 0.15) is 17.3 Å². The predicted octanol–water partition coefficient (Wildman–Crippen LogP) is 4.13. The Morgan fingerprint density at radius 1 is 1.00 bits per heavy atom. The second-order valence-electron chi connectivity index (χ2n) is 7.21. The highest BCUT2D eigenvalue weighted by atomic mass is 16.5. The molecule has 3 rings (SSSR count). The van der Waals surface area contributed by atoms with Crippen LogP contribution in [-0.2, 0) is 4.79 Å². The van der Waals surface area contributed by atoms with E-state index in [-0.39, 0.29) is 36.2 Å². The summed E-state index contributed by atoms with van der Waals surface area (Å²) in [5, 5.41) is 2.92. The van der Waals surface area contributed by atoms with E-state index in [2.05, 4.69) is 5.32 Å². The smallest absolute Gasteiger partial charge is 0.318 e. The number of benzene rings is 2. The molecule has 0 unspecified atom stereocenters. The summed E-state index contributed by atoms with van der Waals surface area (Å²) >= 11 is 0. The van der Waals surface area contributed by atoms with Crippen molar-refractivity contribution in [3.8, 4) is 11.5 Å². The molecule has 3 atom stereocenters. The number of ether oxygens (including phenoxy) is 2. The molecule has 0 aliphatic carbocycles. The Bertz CT molecular complexity index is 848. The van der Waals surface area contributed by atoms with Crippen molar-refractivity contribution in [3.05, 3.63) is 59.7 Å². The Morgan fingerprint density at radius 3 is 2.00 bits per heavy atom. The molecule has 154 valence electrons. The van der Waals surface area contributed by atoms with Crippen LogP contribution in [0.3, 0.4) is 0 Å². The maximum atomic E-state index is 13.1. The van der Waals surface area contributed by atoms with Crippen molar-refractivity contribution in [1.29, 1.82) is 0 Å². The molecule has 0 aromatic heterocycles. The zero-order valence-electron chi connectivity index (χ0n) is 17.3. The molecule has 0 bridgehead atoms. The van der Waals surface area contributed by atoms with E-state index < -0.39 is 0 Å². The lowest BCUT2D eigenvalue weighted by atomic mass is 9.80. The number of rotatable bonds is 5. The van der Waals surface area contributed by atoms with Crippen LogP contribution < -0.4 is 14.8 Å². The summed E-state index contributed by atoms with van der Waals surface area (Å²) in [6, 6.07) is 14.3. The number of Topliss-reactive ketones (excluding diaryl/α,β-unsaturated/α-hetero) is 1. The number of carbonyl (C=O) groups is 2. The molecule has 0 spiro atoms. The van der Waals surface area contributed by atoms with E-state index in [1.54, 1.807) is 14.2 Å². The van der Waals surface area contributed by atoms with Crippen LogP contribution in [0.1, 0.15) is 43.5 Å². The molecule has 0 radical (unpaired) electrons. The number of amides is 2. The van der Waals surface area contributed by atoms with E-state index in [1.807, 2.05) is 67.3 Å². The van der Waals surface area contributed by atoms with Crippen molar-refractivity contribution in [3.63, 3.8) is 0 Å². The Balaban J connectivity index is 2.06. The molecular weight excluding hydrogens is 368 g/mol. The number of piperidine rings is 1. The van der Waals surface area contributed by atoms with Crippen LogP contribution in [0.2, 0.25) is 0 Å². The molecule has 6 nitrogen and oxygen atoms in total. The van der Waals surface area contributed by atoms with Crippen LogP contribution in [-0.4, -0.2) is 37.5 Å². The van der Waals surface area contributed by atoms with Crippen molar-refractivity contribution in [2.75, 3.05) is 20.8 Å². The molecule has 29 heavy (non-hydrogen) atoms. The summed E-state index contributed by atoms with van der Waals surface area (Å²) in [6.45, 7) is 4.30. The maximum Gasteiger partial charge on any atom is 0.318 e. The minimum Gasteiger partial charge on any atom is -0.497 e.